The number of benzene rings is 1. The molecule has 0 saturated carbocycles. The SMILES string of the molecule is C[n+]1cccc2oc(/C=C3\C=CN(CCCI)c4ccccc43)nc21.I. The van der Waals surface area contributed by atoms with Gasteiger partial charge in [-0.3, -0.25) is 0 Å². The quantitative estimate of drug-likeness (QED) is 0.252. The number of para-hydroxylation sites is 1. The molecule has 0 atom stereocenters. The van der Waals surface area contributed by atoms with Crippen molar-refractivity contribution in [2.24, 2.45) is 7.05 Å². The van der Waals surface area contributed by atoms with Gasteiger partial charge in [0.1, 0.15) is 0 Å². The van der Waals surface area contributed by atoms with Crippen molar-refractivity contribution in [1.29, 1.82) is 0 Å². The lowest BCUT2D eigenvalue weighted by atomic mass is 9.99. The summed E-state index contributed by atoms with van der Waals surface area (Å²) < 4.78 is 9.03. The predicted molar refractivity (Wildman–Crippen MR) is 125 cm³/mol. The number of nitrogens with zero attached hydrogens (tertiary/aromatic N) is 3. The second kappa shape index (κ2) is 8.51. The van der Waals surface area contributed by atoms with Gasteiger partial charge >= 0.3 is 11.5 Å². The zero-order valence-electron chi connectivity index (χ0n) is 14.4. The summed E-state index contributed by atoms with van der Waals surface area (Å²) in [5, 5.41) is 0. The predicted octanol–water partition coefficient (Wildman–Crippen LogP) is 4.97. The van der Waals surface area contributed by atoms with Crippen LogP contribution in [0, 0.1) is 0 Å². The van der Waals surface area contributed by atoms with Gasteiger partial charge in [-0.25, -0.2) is 4.57 Å². The van der Waals surface area contributed by atoms with Crippen molar-refractivity contribution in [2.45, 2.75) is 6.42 Å². The van der Waals surface area contributed by atoms with Crippen LogP contribution in [0.4, 0.5) is 5.69 Å². The molecule has 3 aromatic rings. The summed E-state index contributed by atoms with van der Waals surface area (Å²) in [5.74, 6) is 0.631. The minimum atomic E-state index is 0. The van der Waals surface area contributed by atoms with Crippen LogP contribution in [0.5, 0.6) is 0 Å². The first-order valence-corrected chi connectivity index (χ1v) is 9.86. The van der Waals surface area contributed by atoms with Gasteiger partial charge in [0.05, 0.1) is 13.2 Å². The molecule has 0 amide bonds. The Balaban J connectivity index is 0.00000196. The summed E-state index contributed by atoms with van der Waals surface area (Å²) in [6.45, 7) is 1.03. The molecule has 0 fully saturated rings. The Morgan fingerprint density at radius 1 is 1.23 bits per heavy atom. The maximum absolute atomic E-state index is 5.90. The Hall–Kier alpha value is -1.42. The van der Waals surface area contributed by atoms with E-state index in [-0.39, 0.29) is 24.0 Å². The highest BCUT2D eigenvalue weighted by Gasteiger charge is 2.19. The van der Waals surface area contributed by atoms with E-state index in [9.17, 15) is 0 Å². The van der Waals surface area contributed by atoms with E-state index >= 15 is 0 Å². The van der Waals surface area contributed by atoms with E-state index in [0.717, 1.165) is 27.8 Å². The van der Waals surface area contributed by atoms with Crippen LogP contribution in [0.3, 0.4) is 0 Å². The first-order chi connectivity index (χ1) is 12.3. The van der Waals surface area contributed by atoms with E-state index in [4.69, 9.17) is 4.42 Å². The van der Waals surface area contributed by atoms with Crippen molar-refractivity contribution in [2.75, 3.05) is 15.9 Å². The van der Waals surface area contributed by atoms with Gasteiger partial charge in [-0.2, -0.15) is 0 Å². The number of pyridine rings is 1. The number of hydrogen-bond donors (Lipinski definition) is 0. The van der Waals surface area contributed by atoms with Crippen LogP contribution in [0.15, 0.2) is 59.3 Å². The largest absolute Gasteiger partial charge is 0.411 e. The van der Waals surface area contributed by atoms with Crippen molar-refractivity contribution < 1.29 is 8.98 Å². The topological polar surface area (TPSA) is 33.1 Å². The standard InChI is InChI=1S/C20H19IN3O.HI/c1-23-11-4-8-18-20(23)22-19(25-18)14-15-9-13-24(12-5-10-21)17-7-3-2-6-16(15)17;/h2-4,6-9,11,13-14H,5,10,12H2,1H3;1H/q+1;. The monoisotopic (exact) mass is 572 g/mol. The average Bonchev–Trinajstić information content (AvgIpc) is 3.05. The molecule has 1 aromatic carbocycles. The zero-order valence-corrected chi connectivity index (χ0v) is 18.9. The number of aryl methyl sites for hydroxylation is 1. The Kier molecular flexibility index (Phi) is 6.33. The molecule has 0 radical (unpaired) electrons. The van der Waals surface area contributed by atoms with Gasteiger partial charge in [0.2, 0.25) is 5.58 Å². The molecule has 26 heavy (non-hydrogen) atoms. The van der Waals surface area contributed by atoms with Crippen molar-refractivity contribution in [3.8, 4) is 0 Å². The van der Waals surface area contributed by atoms with Crippen molar-refractivity contribution in [1.82, 2.24) is 4.98 Å². The summed E-state index contributed by atoms with van der Waals surface area (Å²) in [5.41, 5.74) is 5.23. The summed E-state index contributed by atoms with van der Waals surface area (Å²) in [4.78, 5) is 6.94. The second-order valence-corrected chi connectivity index (χ2v) is 7.11. The Bertz CT molecular complexity index is 978. The molecule has 0 unspecified atom stereocenters. The summed E-state index contributed by atoms with van der Waals surface area (Å²) >= 11 is 2.43. The van der Waals surface area contributed by atoms with Gasteiger partial charge in [0.15, 0.2) is 0 Å². The average molecular weight is 572 g/mol. The fourth-order valence-corrected chi connectivity index (χ4v) is 3.43. The number of anilines is 1. The Labute approximate surface area is 183 Å². The number of aromatic nitrogens is 2. The molecule has 3 heterocycles. The first kappa shape index (κ1) is 19.3. The van der Waals surface area contributed by atoms with Gasteiger partial charge in [-0.1, -0.05) is 40.8 Å². The van der Waals surface area contributed by atoms with Crippen LogP contribution in [0.2, 0.25) is 0 Å². The number of hydrogen-bond acceptors (Lipinski definition) is 3. The summed E-state index contributed by atoms with van der Waals surface area (Å²) in [7, 11) is 1.97. The molecule has 0 aliphatic carbocycles. The second-order valence-electron chi connectivity index (χ2n) is 6.03. The van der Waals surface area contributed by atoms with Gasteiger partial charge in [0, 0.05) is 39.5 Å². The van der Waals surface area contributed by atoms with Crippen LogP contribution in [-0.2, 0) is 7.05 Å². The Morgan fingerprint density at radius 3 is 2.88 bits per heavy atom. The molecule has 0 N–H and O–H groups in total. The normalized spacial score (nSPS) is 14.5. The minimum absolute atomic E-state index is 0. The lowest BCUT2D eigenvalue weighted by Gasteiger charge is -2.27. The first-order valence-electron chi connectivity index (χ1n) is 8.33. The number of allylic oxidation sites excluding steroid dienone is 2. The minimum Gasteiger partial charge on any atom is -0.411 e. The lowest BCUT2D eigenvalue weighted by Crippen LogP contribution is -2.28. The lowest BCUT2D eigenvalue weighted by molar-refractivity contribution is -0.646. The van der Waals surface area contributed by atoms with E-state index < -0.39 is 0 Å². The fraction of sp³-hybridized carbons (Fsp3) is 0.200. The van der Waals surface area contributed by atoms with Crippen LogP contribution in [0.1, 0.15) is 17.9 Å². The van der Waals surface area contributed by atoms with Crippen molar-refractivity contribution in [3.05, 3.63) is 66.3 Å². The molecule has 4 rings (SSSR count). The molecular weight excluding hydrogens is 552 g/mol. The molecule has 6 heteroatoms. The van der Waals surface area contributed by atoms with E-state index in [1.165, 1.54) is 17.7 Å². The third kappa shape index (κ3) is 3.80. The zero-order chi connectivity index (χ0) is 17.2. The highest BCUT2D eigenvalue weighted by atomic mass is 127. The molecule has 0 bridgehead atoms. The smallest absolute Gasteiger partial charge is 0.370 e. The maximum atomic E-state index is 5.90. The molecule has 4 nitrogen and oxygen atoms in total. The van der Waals surface area contributed by atoms with Gasteiger partial charge < -0.3 is 9.32 Å². The van der Waals surface area contributed by atoms with Gasteiger partial charge in [-0.15, -0.1) is 24.0 Å². The maximum Gasteiger partial charge on any atom is 0.370 e. The molecule has 0 spiro atoms. The van der Waals surface area contributed by atoms with E-state index in [0.29, 0.717) is 5.89 Å². The summed E-state index contributed by atoms with van der Waals surface area (Å²) in [6, 6.07) is 12.4. The van der Waals surface area contributed by atoms with Crippen molar-refractivity contribution in [3.63, 3.8) is 0 Å². The molecule has 1 aliphatic heterocycles. The van der Waals surface area contributed by atoms with E-state index in [2.05, 4.69) is 69.0 Å². The van der Waals surface area contributed by atoms with E-state index in [1.54, 1.807) is 0 Å². The van der Waals surface area contributed by atoms with Gasteiger partial charge in [-0.05, 0) is 36.3 Å². The van der Waals surface area contributed by atoms with Crippen LogP contribution in [-0.4, -0.2) is 16.0 Å². The number of halogens is 2. The molecule has 0 saturated heterocycles. The highest BCUT2D eigenvalue weighted by molar-refractivity contribution is 14.1. The molecule has 134 valence electrons. The van der Waals surface area contributed by atoms with Gasteiger partial charge in [0.25, 0.3) is 0 Å². The molecule has 2 aromatic heterocycles. The molecule has 1 aliphatic rings. The highest BCUT2D eigenvalue weighted by Crippen LogP contribution is 2.34. The third-order valence-electron chi connectivity index (χ3n) is 4.31. The molecular formula is C20H20I2N3O+. The van der Waals surface area contributed by atoms with Crippen LogP contribution in [0.25, 0.3) is 22.9 Å². The fourth-order valence-electron chi connectivity index (χ4n) is 3.09. The number of rotatable bonds is 4. The van der Waals surface area contributed by atoms with Crippen LogP contribution >= 0.6 is 46.6 Å². The Morgan fingerprint density at radius 2 is 2.08 bits per heavy atom. The number of fused-ring (bicyclic) bond motifs is 2. The van der Waals surface area contributed by atoms with E-state index in [1.807, 2.05) is 36.0 Å². The van der Waals surface area contributed by atoms with Crippen molar-refractivity contribution >= 4 is 75.1 Å². The number of alkyl halides is 1. The third-order valence-corrected chi connectivity index (χ3v) is 5.08. The summed E-state index contributed by atoms with van der Waals surface area (Å²) in [6.07, 6.45) is 9.46. The van der Waals surface area contributed by atoms with Crippen LogP contribution < -0.4 is 9.47 Å². The number of oxazole rings is 1.